The zero-order valence-electron chi connectivity index (χ0n) is 19.8. The van der Waals surface area contributed by atoms with Gasteiger partial charge in [0.1, 0.15) is 0 Å². The fraction of sp³-hybridized carbons (Fsp3) is 0.700. The van der Waals surface area contributed by atoms with E-state index in [-0.39, 0.29) is 37.6 Å². The Morgan fingerprint density at radius 2 is 0.625 bits per heavy atom. The second kappa shape index (κ2) is 33.7. The van der Waals surface area contributed by atoms with E-state index in [9.17, 15) is 9.59 Å². The van der Waals surface area contributed by atoms with Gasteiger partial charge in [0.2, 0.25) is 0 Å². The van der Waals surface area contributed by atoms with Gasteiger partial charge in [-0.25, -0.2) is 9.59 Å². The van der Waals surface area contributed by atoms with E-state index in [2.05, 4.69) is 13.2 Å². The van der Waals surface area contributed by atoms with Crippen molar-refractivity contribution in [3.63, 3.8) is 0 Å². The molecule has 32 heavy (non-hydrogen) atoms. The van der Waals surface area contributed by atoms with Crippen molar-refractivity contribution >= 4 is 11.9 Å². The number of rotatable bonds is 6. The van der Waals surface area contributed by atoms with Gasteiger partial charge in [0.25, 0.3) is 0 Å². The fourth-order valence-corrected chi connectivity index (χ4v) is 0. The highest BCUT2D eigenvalue weighted by atomic mass is 16.4. The van der Waals surface area contributed by atoms with Crippen molar-refractivity contribution in [2.75, 3.05) is 26.4 Å². The first-order valence-corrected chi connectivity index (χ1v) is 9.30. The average Bonchev–Trinajstić information content (AvgIpc) is 2.69. The Morgan fingerprint density at radius 1 is 0.562 bits per heavy atom. The van der Waals surface area contributed by atoms with E-state index in [1.54, 1.807) is 0 Å². The molecule has 0 rings (SSSR count). The van der Waals surface area contributed by atoms with Crippen molar-refractivity contribution in [1.29, 1.82) is 0 Å². The number of hydrogen-bond donors (Lipinski definition) is 10. The monoisotopic (exact) mass is 476 g/mol. The number of aliphatic hydroxyl groups excluding tert-OH is 8. The highest BCUT2D eigenvalue weighted by Crippen LogP contribution is 1.81. The molecule has 0 aliphatic rings. The molecule has 0 aliphatic carbocycles. The summed E-state index contributed by atoms with van der Waals surface area (Å²) < 4.78 is 0. The summed E-state index contributed by atoms with van der Waals surface area (Å²) in [6.45, 7) is 14.8. The zero-order valence-corrected chi connectivity index (χ0v) is 19.8. The van der Waals surface area contributed by atoms with Crippen molar-refractivity contribution in [3.05, 3.63) is 24.3 Å². The van der Waals surface area contributed by atoms with E-state index in [0.29, 0.717) is 0 Å². The van der Waals surface area contributed by atoms with Gasteiger partial charge in [-0.2, -0.15) is 0 Å². The van der Waals surface area contributed by atoms with Gasteiger partial charge in [-0.15, -0.1) is 0 Å². The topological polar surface area (TPSA) is 236 Å². The largest absolute Gasteiger partial charge is 0.478 e. The highest BCUT2D eigenvalue weighted by Gasteiger charge is 1.90. The molecule has 10 N–H and O–H groups in total. The Bertz CT molecular complexity index is 352. The quantitative estimate of drug-likeness (QED) is 0.202. The van der Waals surface area contributed by atoms with Gasteiger partial charge in [-0.3, -0.25) is 0 Å². The van der Waals surface area contributed by atoms with Crippen LogP contribution in [0, 0.1) is 0 Å². The molecule has 4 atom stereocenters. The highest BCUT2D eigenvalue weighted by molar-refractivity contribution is 5.85. The van der Waals surface area contributed by atoms with Crippen molar-refractivity contribution in [2.45, 2.75) is 66.0 Å². The molecule has 0 saturated heterocycles. The second-order valence-corrected chi connectivity index (χ2v) is 6.30. The van der Waals surface area contributed by atoms with Crippen molar-refractivity contribution in [3.8, 4) is 0 Å². The molecular weight excluding hydrogens is 432 g/mol. The molecule has 0 radical (unpaired) electrons. The summed E-state index contributed by atoms with van der Waals surface area (Å²) in [6, 6.07) is 0. The molecule has 0 fully saturated rings. The van der Waals surface area contributed by atoms with E-state index < -0.39 is 36.4 Å². The lowest BCUT2D eigenvalue weighted by molar-refractivity contribution is -0.133. The fourth-order valence-electron chi connectivity index (χ4n) is 0. The molecule has 12 heteroatoms. The van der Waals surface area contributed by atoms with Gasteiger partial charge in [-0.1, -0.05) is 13.2 Å². The molecule has 4 unspecified atom stereocenters. The summed E-state index contributed by atoms with van der Waals surface area (Å²) >= 11 is 0. The van der Waals surface area contributed by atoms with Crippen LogP contribution >= 0.6 is 0 Å². The van der Waals surface area contributed by atoms with E-state index in [1.165, 1.54) is 41.5 Å². The Morgan fingerprint density at radius 3 is 0.625 bits per heavy atom. The van der Waals surface area contributed by atoms with Crippen LogP contribution in [0.1, 0.15) is 41.5 Å². The van der Waals surface area contributed by atoms with Crippen LogP contribution in [0.5, 0.6) is 0 Å². The van der Waals surface area contributed by atoms with Crippen LogP contribution in [-0.2, 0) is 9.59 Å². The third-order valence-corrected chi connectivity index (χ3v) is 1.79. The molecular formula is C20H44O12. The van der Waals surface area contributed by atoms with Crippen molar-refractivity contribution in [1.82, 2.24) is 0 Å². The lowest BCUT2D eigenvalue weighted by atomic mass is 10.4. The lowest BCUT2D eigenvalue weighted by Crippen LogP contribution is -2.03. The number of carboxylic acid groups (broad SMARTS) is 2. The SMILES string of the molecule is C=C(C)C(=O)O.C=C(C)C(=O)O.CC(O)CO.CC(O)CO.CC(O)CO.CC(O)CO. The summed E-state index contributed by atoms with van der Waals surface area (Å²) in [4.78, 5) is 19.2. The zero-order chi connectivity index (χ0) is 27.4. The van der Waals surface area contributed by atoms with Crippen LogP contribution in [0.15, 0.2) is 24.3 Å². The van der Waals surface area contributed by atoms with Gasteiger partial charge in [0.15, 0.2) is 0 Å². The van der Waals surface area contributed by atoms with Crippen LogP contribution in [0.3, 0.4) is 0 Å². The van der Waals surface area contributed by atoms with Crippen LogP contribution in [0.2, 0.25) is 0 Å². The number of hydrogen-bond acceptors (Lipinski definition) is 10. The smallest absolute Gasteiger partial charge is 0.330 e. The van der Waals surface area contributed by atoms with Crippen LogP contribution < -0.4 is 0 Å². The molecule has 0 saturated carbocycles. The number of carbonyl (C=O) groups is 2. The van der Waals surface area contributed by atoms with Gasteiger partial charge < -0.3 is 51.1 Å². The first-order chi connectivity index (χ1) is 14.4. The van der Waals surface area contributed by atoms with Gasteiger partial charge in [0.05, 0.1) is 50.8 Å². The third kappa shape index (κ3) is 104. The van der Waals surface area contributed by atoms with Crippen molar-refractivity contribution < 1.29 is 60.7 Å². The Labute approximate surface area is 190 Å². The molecule has 0 aromatic carbocycles. The summed E-state index contributed by atoms with van der Waals surface area (Å²) in [5, 5.41) is 79.8. The molecule has 0 aromatic rings. The van der Waals surface area contributed by atoms with Crippen molar-refractivity contribution in [2.24, 2.45) is 0 Å². The molecule has 0 amide bonds. The van der Waals surface area contributed by atoms with E-state index in [1.807, 2.05) is 0 Å². The molecule has 196 valence electrons. The van der Waals surface area contributed by atoms with Gasteiger partial charge in [0, 0.05) is 11.1 Å². The first kappa shape index (κ1) is 43.9. The van der Waals surface area contributed by atoms with E-state index in [4.69, 9.17) is 51.1 Å². The normalized spacial score (nSPS) is 12.2. The summed E-state index contributed by atoms with van der Waals surface area (Å²) in [6.07, 6.45) is -2.24. The minimum atomic E-state index is -0.935. The summed E-state index contributed by atoms with van der Waals surface area (Å²) in [7, 11) is 0. The molecule has 0 spiro atoms. The van der Waals surface area contributed by atoms with Crippen LogP contribution in [0.25, 0.3) is 0 Å². The number of aliphatic hydroxyl groups is 8. The maximum absolute atomic E-state index is 9.60. The first-order valence-electron chi connectivity index (χ1n) is 9.30. The number of aliphatic carboxylic acids is 2. The van der Waals surface area contributed by atoms with E-state index in [0.717, 1.165) is 0 Å². The Kier molecular flexibility index (Phi) is 46.3. The predicted molar refractivity (Wildman–Crippen MR) is 120 cm³/mol. The minimum Gasteiger partial charge on any atom is -0.478 e. The molecule has 0 bridgehead atoms. The standard InChI is InChI=1S/2C4H6O2.4C3H8O2/c2*1-3(2)4(5)6;4*1-3(5)2-4/h2*1H2,2H3,(H,5,6);4*3-5H,2H2,1H3. The third-order valence-electron chi connectivity index (χ3n) is 1.79. The molecule has 0 aliphatic heterocycles. The van der Waals surface area contributed by atoms with Crippen LogP contribution in [0.4, 0.5) is 0 Å². The Balaban J connectivity index is -0.0000000635. The van der Waals surface area contributed by atoms with Crippen LogP contribution in [-0.4, -0.2) is 114 Å². The average molecular weight is 477 g/mol. The Hall–Kier alpha value is -1.90. The number of carboxylic acids is 2. The van der Waals surface area contributed by atoms with E-state index >= 15 is 0 Å². The summed E-state index contributed by atoms with van der Waals surface area (Å²) in [5.74, 6) is -1.87. The lowest BCUT2D eigenvalue weighted by Gasteiger charge is -1.90. The van der Waals surface area contributed by atoms with Gasteiger partial charge in [-0.05, 0) is 41.5 Å². The maximum Gasteiger partial charge on any atom is 0.330 e. The van der Waals surface area contributed by atoms with Gasteiger partial charge >= 0.3 is 11.9 Å². The predicted octanol–water partition coefficient (Wildman–Crippen LogP) is -1.27. The summed E-state index contributed by atoms with van der Waals surface area (Å²) in [5.41, 5.74) is 0.352. The minimum absolute atomic E-state index is 0.139. The molecule has 0 heterocycles. The maximum atomic E-state index is 9.60. The molecule has 12 nitrogen and oxygen atoms in total. The molecule has 0 aromatic heterocycles. The second-order valence-electron chi connectivity index (χ2n) is 6.30.